The Labute approximate surface area is 50.9 Å². The molecule has 0 fully saturated rings. The maximum atomic E-state index is 4.17. The third kappa shape index (κ3) is 6.31. The lowest BCUT2D eigenvalue weighted by Crippen LogP contribution is -2.20. The Hall–Kier alpha value is 0.310. The van der Waals surface area contributed by atoms with Gasteiger partial charge in [-0.25, -0.2) is 0 Å². The van der Waals surface area contributed by atoms with Gasteiger partial charge >= 0.3 is 0 Å². The molecule has 0 aliphatic carbocycles. The highest BCUT2D eigenvalue weighted by Crippen LogP contribution is 1.86. The van der Waals surface area contributed by atoms with Gasteiger partial charge in [-0.2, -0.15) is 12.6 Å². The molecule has 0 spiro atoms. The highest BCUT2D eigenvalue weighted by molar-refractivity contribution is 7.80. The fourth-order valence-electron chi connectivity index (χ4n) is 0.353. The van der Waals surface area contributed by atoms with Crippen LogP contribution in [0, 0.1) is 0 Å². The van der Waals surface area contributed by atoms with Crippen molar-refractivity contribution in [1.29, 1.82) is 0 Å². The fraction of sp³-hybridized carbons (Fsp3) is 1.00. The molecule has 1 nitrogen and oxygen atoms in total. The zero-order chi connectivity index (χ0) is 5.70. The van der Waals surface area contributed by atoms with Crippen LogP contribution in [0.4, 0.5) is 0 Å². The predicted octanol–water partition coefficient (Wildman–Crippen LogP) is 0.914. The van der Waals surface area contributed by atoms with Crippen LogP contribution in [-0.4, -0.2) is 18.3 Å². The summed E-state index contributed by atoms with van der Waals surface area (Å²) in [5, 5.41) is 3.66. The van der Waals surface area contributed by atoms with Crippen LogP contribution in [0.1, 0.15) is 13.8 Å². The maximum absolute atomic E-state index is 4.17. The first kappa shape index (κ1) is 7.31. The van der Waals surface area contributed by atoms with Gasteiger partial charge < -0.3 is 5.32 Å². The van der Waals surface area contributed by atoms with Gasteiger partial charge in [0.1, 0.15) is 0 Å². The quantitative estimate of drug-likeness (QED) is 0.526. The van der Waals surface area contributed by atoms with Gasteiger partial charge in [-0.3, -0.25) is 0 Å². The molecule has 0 aliphatic heterocycles. The zero-order valence-corrected chi connectivity index (χ0v) is 5.83. The second-order valence-electron chi connectivity index (χ2n) is 1.66. The SMILES string of the molecule is CCNCC(C)S. The minimum Gasteiger partial charge on any atom is -0.316 e. The number of rotatable bonds is 3. The molecule has 0 aliphatic rings. The Morgan fingerprint density at radius 2 is 2.29 bits per heavy atom. The van der Waals surface area contributed by atoms with Crippen molar-refractivity contribution in [2.75, 3.05) is 13.1 Å². The van der Waals surface area contributed by atoms with Gasteiger partial charge in [0.05, 0.1) is 0 Å². The van der Waals surface area contributed by atoms with Crippen molar-refractivity contribution in [3.63, 3.8) is 0 Å². The van der Waals surface area contributed by atoms with Crippen LogP contribution in [0.3, 0.4) is 0 Å². The molecule has 7 heavy (non-hydrogen) atoms. The molecule has 1 N–H and O–H groups in total. The van der Waals surface area contributed by atoms with Crippen molar-refractivity contribution in [1.82, 2.24) is 5.32 Å². The van der Waals surface area contributed by atoms with Crippen LogP contribution in [0.15, 0.2) is 0 Å². The van der Waals surface area contributed by atoms with Crippen LogP contribution >= 0.6 is 12.6 Å². The third-order valence-electron chi connectivity index (χ3n) is 0.690. The zero-order valence-electron chi connectivity index (χ0n) is 4.94. The average molecular weight is 119 g/mol. The van der Waals surface area contributed by atoms with Crippen molar-refractivity contribution in [3.05, 3.63) is 0 Å². The molecule has 0 aromatic carbocycles. The summed E-state index contributed by atoms with van der Waals surface area (Å²) < 4.78 is 0. The summed E-state index contributed by atoms with van der Waals surface area (Å²) in [7, 11) is 0. The van der Waals surface area contributed by atoms with Gasteiger partial charge in [0, 0.05) is 11.8 Å². The standard InChI is InChI=1S/C5H13NS/c1-3-6-4-5(2)7/h5-7H,3-4H2,1-2H3. The normalized spacial score (nSPS) is 14.1. The van der Waals surface area contributed by atoms with E-state index in [0.717, 1.165) is 13.1 Å². The van der Waals surface area contributed by atoms with E-state index in [0.29, 0.717) is 5.25 Å². The minimum absolute atomic E-state index is 0.486. The molecule has 0 bridgehead atoms. The molecule has 1 atom stereocenters. The van der Waals surface area contributed by atoms with Crippen molar-refractivity contribution < 1.29 is 0 Å². The summed E-state index contributed by atoms with van der Waals surface area (Å²) in [6, 6.07) is 0. The van der Waals surface area contributed by atoms with Gasteiger partial charge in [-0.15, -0.1) is 0 Å². The Morgan fingerprint density at radius 1 is 1.71 bits per heavy atom. The van der Waals surface area contributed by atoms with Crippen LogP contribution in [0.5, 0.6) is 0 Å². The molecule has 0 heterocycles. The highest BCUT2D eigenvalue weighted by Gasteiger charge is 1.87. The van der Waals surface area contributed by atoms with Crippen LogP contribution < -0.4 is 5.32 Å². The summed E-state index contributed by atoms with van der Waals surface area (Å²) in [4.78, 5) is 0. The van der Waals surface area contributed by atoms with E-state index in [1.54, 1.807) is 0 Å². The Morgan fingerprint density at radius 3 is 2.43 bits per heavy atom. The molecule has 44 valence electrons. The lowest BCUT2D eigenvalue weighted by molar-refractivity contribution is 0.715. The summed E-state index contributed by atoms with van der Waals surface area (Å²) in [5.41, 5.74) is 0. The van der Waals surface area contributed by atoms with Crippen LogP contribution in [0.25, 0.3) is 0 Å². The Kier molecular flexibility index (Phi) is 4.67. The van der Waals surface area contributed by atoms with Crippen molar-refractivity contribution in [2.45, 2.75) is 19.1 Å². The second-order valence-corrected chi connectivity index (χ2v) is 2.54. The largest absolute Gasteiger partial charge is 0.316 e. The highest BCUT2D eigenvalue weighted by atomic mass is 32.1. The van der Waals surface area contributed by atoms with E-state index in [-0.39, 0.29) is 0 Å². The average Bonchev–Trinajstić information content (AvgIpc) is 1.61. The molecular formula is C5H13NS. The summed E-state index contributed by atoms with van der Waals surface area (Å²) in [6.45, 7) is 6.23. The first-order valence-corrected chi connectivity index (χ1v) is 3.17. The van der Waals surface area contributed by atoms with E-state index < -0.39 is 0 Å². The number of thiol groups is 1. The first-order valence-electron chi connectivity index (χ1n) is 2.66. The molecule has 0 saturated heterocycles. The van der Waals surface area contributed by atoms with Crippen molar-refractivity contribution in [2.24, 2.45) is 0 Å². The van der Waals surface area contributed by atoms with E-state index >= 15 is 0 Å². The van der Waals surface area contributed by atoms with Crippen molar-refractivity contribution >= 4 is 12.6 Å². The molecule has 0 amide bonds. The van der Waals surface area contributed by atoms with Crippen molar-refractivity contribution in [3.8, 4) is 0 Å². The molecule has 1 unspecified atom stereocenters. The van der Waals surface area contributed by atoms with E-state index in [2.05, 4.69) is 31.8 Å². The van der Waals surface area contributed by atoms with Gasteiger partial charge in [-0.05, 0) is 6.54 Å². The molecule has 0 saturated carbocycles. The minimum atomic E-state index is 0.486. The van der Waals surface area contributed by atoms with E-state index in [9.17, 15) is 0 Å². The number of nitrogens with one attached hydrogen (secondary N) is 1. The number of hydrogen-bond acceptors (Lipinski definition) is 2. The molecule has 2 heteroatoms. The van der Waals surface area contributed by atoms with Gasteiger partial charge in [0.15, 0.2) is 0 Å². The topological polar surface area (TPSA) is 12.0 Å². The molecule has 0 radical (unpaired) electrons. The summed E-state index contributed by atoms with van der Waals surface area (Å²) >= 11 is 4.17. The van der Waals surface area contributed by atoms with Gasteiger partial charge in [0.2, 0.25) is 0 Å². The third-order valence-corrected chi connectivity index (χ3v) is 0.872. The first-order chi connectivity index (χ1) is 3.27. The lowest BCUT2D eigenvalue weighted by atomic mass is 10.5. The smallest absolute Gasteiger partial charge is 0.0113 e. The Balaban J connectivity index is 2.68. The number of hydrogen-bond donors (Lipinski definition) is 2. The molecule has 0 aromatic heterocycles. The van der Waals surface area contributed by atoms with E-state index in [1.165, 1.54) is 0 Å². The second kappa shape index (κ2) is 4.47. The lowest BCUT2D eigenvalue weighted by Gasteiger charge is -2.01. The predicted molar refractivity (Wildman–Crippen MR) is 37.0 cm³/mol. The van der Waals surface area contributed by atoms with E-state index in [1.807, 2.05) is 0 Å². The van der Waals surface area contributed by atoms with Crippen LogP contribution in [-0.2, 0) is 0 Å². The molecule has 0 aromatic rings. The maximum Gasteiger partial charge on any atom is 0.0113 e. The fourth-order valence-corrected chi connectivity index (χ4v) is 0.482. The van der Waals surface area contributed by atoms with E-state index in [4.69, 9.17) is 0 Å². The van der Waals surface area contributed by atoms with Crippen LogP contribution in [0.2, 0.25) is 0 Å². The molecular weight excluding hydrogens is 106 g/mol. The van der Waals surface area contributed by atoms with Gasteiger partial charge in [0.25, 0.3) is 0 Å². The van der Waals surface area contributed by atoms with Gasteiger partial charge in [-0.1, -0.05) is 13.8 Å². The Bertz CT molecular complexity index is 37.1. The monoisotopic (exact) mass is 119 g/mol. The summed E-state index contributed by atoms with van der Waals surface area (Å²) in [5.74, 6) is 0. The molecule has 0 rings (SSSR count). The summed E-state index contributed by atoms with van der Waals surface area (Å²) in [6.07, 6.45) is 0.